The van der Waals surface area contributed by atoms with Crippen LogP contribution in [0.15, 0.2) is 24.3 Å². The number of rotatable bonds is 6. The molecule has 2 amide bonds. The van der Waals surface area contributed by atoms with Gasteiger partial charge in [0.15, 0.2) is 0 Å². The molecule has 0 aromatic heterocycles. The third-order valence-electron chi connectivity index (χ3n) is 5.15. The summed E-state index contributed by atoms with van der Waals surface area (Å²) in [4.78, 5) is 38.6. The van der Waals surface area contributed by atoms with Gasteiger partial charge in [-0.15, -0.1) is 0 Å². The highest BCUT2D eigenvalue weighted by Gasteiger charge is 2.41. The lowest BCUT2D eigenvalue weighted by Gasteiger charge is -2.30. The minimum Gasteiger partial charge on any atom is -0.446 e. The van der Waals surface area contributed by atoms with Gasteiger partial charge >= 0.3 is 5.97 Å². The van der Waals surface area contributed by atoms with Crippen LogP contribution in [0.4, 0.5) is 0 Å². The summed E-state index contributed by atoms with van der Waals surface area (Å²) in [5, 5.41) is 6.32. The zero-order valence-corrected chi connectivity index (χ0v) is 19.3. The van der Waals surface area contributed by atoms with Gasteiger partial charge in [-0.05, 0) is 59.6 Å². The molecule has 0 aliphatic heterocycles. The zero-order chi connectivity index (χ0) is 22.5. The highest BCUT2D eigenvalue weighted by atomic mass is 35.5. The topological polar surface area (TPSA) is 84.5 Å². The van der Waals surface area contributed by atoms with Crippen LogP contribution >= 0.6 is 11.6 Å². The van der Waals surface area contributed by atoms with Crippen molar-refractivity contribution >= 4 is 29.4 Å². The van der Waals surface area contributed by atoms with Crippen molar-refractivity contribution in [3.63, 3.8) is 0 Å². The van der Waals surface area contributed by atoms with E-state index >= 15 is 0 Å². The molecule has 1 aromatic rings. The van der Waals surface area contributed by atoms with E-state index in [-0.39, 0.29) is 11.9 Å². The maximum atomic E-state index is 13.0. The van der Waals surface area contributed by atoms with Crippen LogP contribution in [0.2, 0.25) is 5.02 Å². The predicted octanol–water partition coefficient (Wildman–Crippen LogP) is 4.31. The van der Waals surface area contributed by atoms with E-state index in [1.807, 2.05) is 20.8 Å². The van der Waals surface area contributed by atoms with E-state index in [9.17, 15) is 14.4 Å². The lowest BCUT2D eigenvalue weighted by atomic mass is 9.90. The number of carbonyl (C=O) groups is 3. The highest BCUT2D eigenvalue weighted by Crippen LogP contribution is 2.27. The van der Waals surface area contributed by atoms with Gasteiger partial charge in [0, 0.05) is 22.2 Å². The van der Waals surface area contributed by atoms with Crippen molar-refractivity contribution in [3.8, 4) is 0 Å². The van der Waals surface area contributed by atoms with Gasteiger partial charge in [-0.1, -0.05) is 43.0 Å². The van der Waals surface area contributed by atoms with E-state index in [2.05, 4.69) is 10.6 Å². The number of ether oxygens (including phenoxy) is 1. The molecule has 0 bridgehead atoms. The third-order valence-corrected chi connectivity index (χ3v) is 5.41. The van der Waals surface area contributed by atoms with E-state index < -0.39 is 28.9 Å². The molecule has 166 valence electrons. The van der Waals surface area contributed by atoms with Gasteiger partial charge in [0.25, 0.3) is 5.91 Å². The molecule has 1 unspecified atom stereocenters. The Morgan fingerprint density at radius 2 is 1.57 bits per heavy atom. The van der Waals surface area contributed by atoms with Gasteiger partial charge in [0.2, 0.25) is 12.0 Å². The molecule has 1 atom stereocenters. The Morgan fingerprint density at radius 3 is 2.10 bits per heavy atom. The summed E-state index contributed by atoms with van der Waals surface area (Å²) in [7, 11) is 0. The van der Waals surface area contributed by atoms with E-state index in [1.165, 1.54) is 20.3 Å². The summed E-state index contributed by atoms with van der Waals surface area (Å²) in [6.07, 6.45) is 3.96. The van der Waals surface area contributed by atoms with Crippen molar-refractivity contribution in [3.05, 3.63) is 34.9 Å². The van der Waals surface area contributed by atoms with Crippen LogP contribution in [0.3, 0.4) is 0 Å². The van der Waals surface area contributed by atoms with E-state index in [0.717, 1.165) is 25.7 Å². The zero-order valence-electron chi connectivity index (χ0n) is 18.5. The first kappa shape index (κ1) is 24.2. The lowest BCUT2D eigenvalue weighted by molar-refractivity contribution is -0.168. The number of nitrogens with one attached hydrogen (secondary N) is 2. The second-order valence-corrected chi connectivity index (χ2v) is 9.95. The summed E-state index contributed by atoms with van der Waals surface area (Å²) in [6.45, 7) is 8.49. The summed E-state index contributed by atoms with van der Waals surface area (Å²) in [5.41, 5.74) is -1.45. The Balaban J connectivity index is 2.21. The van der Waals surface area contributed by atoms with Gasteiger partial charge in [-0.3, -0.25) is 14.4 Å². The minimum absolute atomic E-state index is 0.0666. The van der Waals surface area contributed by atoms with Crippen LogP contribution in [0.1, 0.15) is 78.4 Å². The Kier molecular flexibility index (Phi) is 7.92. The number of carbonyl (C=O) groups excluding carboxylic acids is 3. The minimum atomic E-state index is -1.46. The van der Waals surface area contributed by atoms with Gasteiger partial charge in [0.1, 0.15) is 5.41 Å². The Bertz CT molecular complexity index is 762. The Morgan fingerprint density at radius 1 is 1.00 bits per heavy atom. The quantitative estimate of drug-likeness (QED) is 0.514. The number of esters is 1. The fourth-order valence-corrected chi connectivity index (χ4v) is 3.40. The van der Waals surface area contributed by atoms with Gasteiger partial charge in [-0.2, -0.15) is 0 Å². The van der Waals surface area contributed by atoms with Crippen LogP contribution in [-0.4, -0.2) is 29.4 Å². The van der Waals surface area contributed by atoms with Crippen molar-refractivity contribution in [1.82, 2.24) is 10.6 Å². The summed E-state index contributed by atoms with van der Waals surface area (Å²) >= 11 is 5.97. The van der Waals surface area contributed by atoms with Crippen molar-refractivity contribution < 1.29 is 19.1 Å². The molecule has 1 aromatic carbocycles. The van der Waals surface area contributed by atoms with Crippen LogP contribution in [-0.2, 0) is 19.1 Å². The molecule has 0 radical (unpaired) electrons. The third kappa shape index (κ3) is 6.73. The van der Waals surface area contributed by atoms with Crippen molar-refractivity contribution in [2.75, 3.05) is 0 Å². The molecule has 0 heterocycles. The molecule has 30 heavy (non-hydrogen) atoms. The fraction of sp³-hybridized carbons (Fsp3) is 0.609. The molecule has 7 heteroatoms. The number of halogens is 1. The molecule has 2 rings (SSSR count). The Hall–Kier alpha value is -2.08. The second-order valence-electron chi connectivity index (χ2n) is 9.51. The van der Waals surface area contributed by atoms with Gasteiger partial charge in [-0.25, -0.2) is 0 Å². The number of amides is 2. The molecule has 2 N–H and O–H groups in total. The molecule has 1 saturated carbocycles. The molecular weight excluding hydrogens is 404 g/mol. The summed E-state index contributed by atoms with van der Waals surface area (Å²) in [6, 6.07) is 6.66. The Labute approximate surface area is 184 Å². The number of benzene rings is 1. The number of hydrogen-bond donors (Lipinski definition) is 2. The predicted molar refractivity (Wildman–Crippen MR) is 117 cm³/mol. The molecule has 1 fully saturated rings. The van der Waals surface area contributed by atoms with Gasteiger partial charge < -0.3 is 15.4 Å². The van der Waals surface area contributed by atoms with Crippen molar-refractivity contribution in [2.24, 2.45) is 5.41 Å². The van der Waals surface area contributed by atoms with Crippen LogP contribution in [0.25, 0.3) is 0 Å². The maximum Gasteiger partial charge on any atom is 0.322 e. The monoisotopic (exact) mass is 436 g/mol. The molecular formula is C23H33ClN2O4. The summed E-state index contributed by atoms with van der Waals surface area (Å²) in [5.74, 6) is -1.60. The smallest absolute Gasteiger partial charge is 0.322 e. The molecule has 0 spiro atoms. The largest absolute Gasteiger partial charge is 0.446 e. The molecule has 0 saturated heterocycles. The SMILES string of the molecule is CC(C)(C)NC(=O)C(C)(C)C(=O)OC(C(=O)NC1CCCCC1)c1ccc(Cl)cc1. The standard InChI is InChI=1S/C23H33ClN2O4/c1-22(2,3)26-20(28)23(4,5)21(29)30-18(15-11-13-16(24)14-12-15)19(27)25-17-9-7-6-8-10-17/h11-14,17-18H,6-10H2,1-5H3,(H,25,27)(H,26,28). The average Bonchev–Trinajstić information content (AvgIpc) is 2.66. The van der Waals surface area contributed by atoms with E-state index in [0.29, 0.717) is 10.6 Å². The van der Waals surface area contributed by atoms with Gasteiger partial charge in [0.05, 0.1) is 0 Å². The first-order valence-corrected chi connectivity index (χ1v) is 10.9. The van der Waals surface area contributed by atoms with Crippen LogP contribution in [0.5, 0.6) is 0 Å². The average molecular weight is 437 g/mol. The van der Waals surface area contributed by atoms with Crippen LogP contribution < -0.4 is 10.6 Å². The number of hydrogen-bond acceptors (Lipinski definition) is 4. The van der Waals surface area contributed by atoms with E-state index in [1.54, 1.807) is 24.3 Å². The van der Waals surface area contributed by atoms with E-state index in [4.69, 9.17) is 16.3 Å². The van der Waals surface area contributed by atoms with Crippen molar-refractivity contribution in [2.45, 2.75) is 84.4 Å². The lowest BCUT2D eigenvalue weighted by Crippen LogP contribution is -2.51. The molecule has 1 aliphatic carbocycles. The second kappa shape index (κ2) is 9.82. The summed E-state index contributed by atoms with van der Waals surface area (Å²) < 4.78 is 5.63. The molecule has 1 aliphatic rings. The normalized spacial score (nSPS) is 16.5. The highest BCUT2D eigenvalue weighted by molar-refractivity contribution is 6.30. The first-order chi connectivity index (χ1) is 13.9. The first-order valence-electron chi connectivity index (χ1n) is 10.5. The molecule has 6 nitrogen and oxygen atoms in total. The maximum absolute atomic E-state index is 13.0. The fourth-order valence-electron chi connectivity index (χ4n) is 3.28. The van der Waals surface area contributed by atoms with Crippen LogP contribution in [0, 0.1) is 5.41 Å². The van der Waals surface area contributed by atoms with Crippen molar-refractivity contribution in [1.29, 1.82) is 0 Å².